The van der Waals surface area contributed by atoms with Gasteiger partial charge in [0, 0.05) is 29.8 Å². The van der Waals surface area contributed by atoms with Crippen LogP contribution in [0.4, 0.5) is 13.2 Å². The van der Waals surface area contributed by atoms with Crippen molar-refractivity contribution in [1.29, 1.82) is 0 Å². The molecule has 1 aliphatic rings. The van der Waals surface area contributed by atoms with Gasteiger partial charge in [0.2, 0.25) is 0 Å². The van der Waals surface area contributed by atoms with Crippen LogP contribution in [0.1, 0.15) is 39.8 Å². The van der Waals surface area contributed by atoms with E-state index in [9.17, 15) is 26.4 Å². The first kappa shape index (κ1) is 21.0. The standard InChI is InChI=1S/C20H17F3N4O3S/c1-31(29,30)14-4-2-3-12(9-14)19(28)25-16-5-6-17-15(16)11-27(26-17)13-7-8-24-18(10-13)20(21,22)23/h2-4,7-11,16H,5-6H2,1H3,(H,25,28). The fourth-order valence-electron chi connectivity index (χ4n) is 3.45. The number of carbonyl (C=O) groups is 1. The van der Waals surface area contributed by atoms with Gasteiger partial charge in [0.1, 0.15) is 5.69 Å². The highest BCUT2D eigenvalue weighted by Crippen LogP contribution is 2.32. The Balaban J connectivity index is 1.57. The van der Waals surface area contributed by atoms with Gasteiger partial charge in [-0.2, -0.15) is 18.3 Å². The van der Waals surface area contributed by atoms with Crippen molar-refractivity contribution in [3.05, 3.63) is 71.3 Å². The lowest BCUT2D eigenvalue weighted by molar-refractivity contribution is -0.141. The summed E-state index contributed by atoms with van der Waals surface area (Å²) in [6, 6.07) is 7.66. The number of aryl methyl sites for hydroxylation is 1. The molecule has 4 rings (SSSR count). The quantitative estimate of drug-likeness (QED) is 0.659. The topological polar surface area (TPSA) is 94.0 Å². The Kier molecular flexibility index (Phi) is 5.08. The molecule has 0 saturated heterocycles. The van der Waals surface area contributed by atoms with Gasteiger partial charge < -0.3 is 5.32 Å². The fraction of sp³-hybridized carbons (Fsp3) is 0.250. The first-order chi connectivity index (χ1) is 14.5. The van der Waals surface area contributed by atoms with Crippen LogP contribution in [0, 0.1) is 0 Å². The molecule has 162 valence electrons. The summed E-state index contributed by atoms with van der Waals surface area (Å²) in [5, 5.41) is 7.20. The van der Waals surface area contributed by atoms with Crippen molar-refractivity contribution in [2.75, 3.05) is 6.26 Å². The molecule has 0 radical (unpaired) electrons. The SMILES string of the molecule is CS(=O)(=O)c1cccc(C(=O)NC2CCc3nn(-c4ccnc(C(F)(F)F)c4)cc32)c1. The molecule has 31 heavy (non-hydrogen) atoms. The molecule has 7 nitrogen and oxygen atoms in total. The van der Waals surface area contributed by atoms with E-state index >= 15 is 0 Å². The maximum atomic E-state index is 12.9. The van der Waals surface area contributed by atoms with Gasteiger partial charge in [0.15, 0.2) is 9.84 Å². The maximum absolute atomic E-state index is 12.9. The van der Waals surface area contributed by atoms with Gasteiger partial charge in [-0.25, -0.2) is 13.1 Å². The molecule has 1 atom stereocenters. The number of fused-ring (bicyclic) bond motifs is 1. The second-order valence-electron chi connectivity index (χ2n) is 7.24. The van der Waals surface area contributed by atoms with Gasteiger partial charge in [-0.1, -0.05) is 6.07 Å². The summed E-state index contributed by atoms with van der Waals surface area (Å²) in [4.78, 5) is 16.0. The molecule has 1 amide bonds. The fourth-order valence-corrected chi connectivity index (χ4v) is 4.12. The molecule has 1 aromatic carbocycles. The highest BCUT2D eigenvalue weighted by molar-refractivity contribution is 7.90. The Labute approximate surface area is 175 Å². The van der Waals surface area contributed by atoms with Gasteiger partial charge in [0.05, 0.1) is 22.3 Å². The zero-order valence-electron chi connectivity index (χ0n) is 16.2. The van der Waals surface area contributed by atoms with Crippen molar-refractivity contribution in [2.24, 2.45) is 0 Å². The Morgan fingerprint density at radius 3 is 2.71 bits per heavy atom. The van der Waals surface area contributed by atoms with E-state index in [0.717, 1.165) is 18.5 Å². The summed E-state index contributed by atoms with van der Waals surface area (Å²) in [6.07, 6.45) is 0.288. The first-order valence-electron chi connectivity index (χ1n) is 9.25. The van der Waals surface area contributed by atoms with E-state index in [4.69, 9.17) is 0 Å². The van der Waals surface area contributed by atoms with E-state index in [1.54, 1.807) is 6.20 Å². The second-order valence-corrected chi connectivity index (χ2v) is 9.25. The van der Waals surface area contributed by atoms with Gasteiger partial charge >= 0.3 is 6.18 Å². The molecule has 0 saturated carbocycles. The average molecular weight is 450 g/mol. The van der Waals surface area contributed by atoms with Crippen molar-refractivity contribution < 1.29 is 26.4 Å². The monoisotopic (exact) mass is 450 g/mol. The summed E-state index contributed by atoms with van der Waals surface area (Å²) in [6.45, 7) is 0. The minimum absolute atomic E-state index is 0.0400. The third kappa shape index (κ3) is 4.31. The number of sulfone groups is 1. The molecule has 1 N–H and O–H groups in total. The zero-order chi connectivity index (χ0) is 22.4. The zero-order valence-corrected chi connectivity index (χ0v) is 17.0. The summed E-state index contributed by atoms with van der Waals surface area (Å²) in [5.41, 5.74) is 0.783. The molecule has 0 fully saturated rings. The Morgan fingerprint density at radius 2 is 2.00 bits per heavy atom. The van der Waals surface area contributed by atoms with Crippen molar-refractivity contribution in [3.8, 4) is 5.69 Å². The van der Waals surface area contributed by atoms with E-state index in [2.05, 4.69) is 15.4 Å². The number of hydrogen-bond acceptors (Lipinski definition) is 5. The lowest BCUT2D eigenvalue weighted by Crippen LogP contribution is -2.27. The minimum Gasteiger partial charge on any atom is -0.345 e. The third-order valence-electron chi connectivity index (χ3n) is 5.00. The molecule has 0 bridgehead atoms. The smallest absolute Gasteiger partial charge is 0.345 e. The predicted molar refractivity (Wildman–Crippen MR) is 104 cm³/mol. The van der Waals surface area contributed by atoms with Crippen molar-refractivity contribution >= 4 is 15.7 Å². The molecule has 0 spiro atoms. The van der Waals surface area contributed by atoms with Crippen LogP contribution in [-0.4, -0.2) is 35.3 Å². The molecule has 11 heteroatoms. The second kappa shape index (κ2) is 7.49. The van der Waals surface area contributed by atoms with Crippen LogP contribution in [0.15, 0.2) is 53.7 Å². The highest BCUT2D eigenvalue weighted by Gasteiger charge is 2.33. The van der Waals surface area contributed by atoms with Crippen molar-refractivity contribution in [1.82, 2.24) is 20.1 Å². The van der Waals surface area contributed by atoms with E-state index < -0.39 is 27.6 Å². The lowest BCUT2D eigenvalue weighted by Gasteiger charge is -2.13. The molecular formula is C20H17F3N4O3S. The van der Waals surface area contributed by atoms with E-state index in [0.29, 0.717) is 24.1 Å². The van der Waals surface area contributed by atoms with Crippen LogP contribution in [0.3, 0.4) is 0 Å². The Bertz CT molecular complexity index is 1270. The largest absolute Gasteiger partial charge is 0.433 e. The van der Waals surface area contributed by atoms with Gasteiger partial charge in [-0.3, -0.25) is 9.78 Å². The third-order valence-corrected chi connectivity index (χ3v) is 6.11. The van der Waals surface area contributed by atoms with Crippen LogP contribution >= 0.6 is 0 Å². The number of amides is 1. The number of pyridine rings is 1. The highest BCUT2D eigenvalue weighted by atomic mass is 32.2. The predicted octanol–water partition coefficient (Wildman–Crippen LogP) is 3.11. The first-order valence-corrected chi connectivity index (χ1v) is 11.1. The number of hydrogen-bond donors (Lipinski definition) is 1. The number of carbonyl (C=O) groups excluding carboxylic acids is 1. The molecule has 2 aromatic heterocycles. The number of aromatic nitrogens is 3. The maximum Gasteiger partial charge on any atom is 0.433 e. The number of nitrogens with one attached hydrogen (secondary N) is 1. The number of rotatable bonds is 4. The Morgan fingerprint density at radius 1 is 1.23 bits per heavy atom. The average Bonchev–Trinajstić information content (AvgIpc) is 3.29. The molecule has 0 aliphatic heterocycles. The van der Waals surface area contributed by atoms with Gasteiger partial charge in [-0.05, 0) is 43.2 Å². The molecule has 2 heterocycles. The van der Waals surface area contributed by atoms with Crippen LogP contribution in [0.25, 0.3) is 5.69 Å². The van der Waals surface area contributed by atoms with E-state index in [1.807, 2.05) is 0 Å². The van der Waals surface area contributed by atoms with Gasteiger partial charge in [-0.15, -0.1) is 0 Å². The van der Waals surface area contributed by atoms with E-state index in [-0.39, 0.29) is 22.2 Å². The van der Waals surface area contributed by atoms with Gasteiger partial charge in [0.25, 0.3) is 5.91 Å². The van der Waals surface area contributed by atoms with Crippen LogP contribution in [0.2, 0.25) is 0 Å². The summed E-state index contributed by atoms with van der Waals surface area (Å²) >= 11 is 0. The van der Waals surface area contributed by atoms with Crippen molar-refractivity contribution in [3.63, 3.8) is 0 Å². The minimum atomic E-state index is -4.57. The molecular weight excluding hydrogens is 433 g/mol. The van der Waals surface area contributed by atoms with Crippen molar-refractivity contribution in [2.45, 2.75) is 30.0 Å². The summed E-state index contributed by atoms with van der Waals surface area (Å²) < 4.78 is 63.6. The van der Waals surface area contributed by atoms with E-state index in [1.165, 1.54) is 35.0 Å². The summed E-state index contributed by atoms with van der Waals surface area (Å²) in [7, 11) is -3.45. The normalized spacial score (nSPS) is 16.2. The Hall–Kier alpha value is -3.21. The molecule has 1 aliphatic carbocycles. The lowest BCUT2D eigenvalue weighted by atomic mass is 10.1. The van der Waals surface area contributed by atoms with Crippen LogP contribution in [0.5, 0.6) is 0 Å². The van der Waals surface area contributed by atoms with Crippen LogP contribution < -0.4 is 5.32 Å². The molecule has 3 aromatic rings. The van der Waals surface area contributed by atoms with Crippen LogP contribution in [-0.2, 0) is 22.4 Å². The molecule has 1 unspecified atom stereocenters. The summed E-state index contributed by atoms with van der Waals surface area (Å²) in [5.74, 6) is -0.445. The number of alkyl halides is 3. The number of nitrogens with zero attached hydrogens (tertiary/aromatic N) is 3. The number of benzene rings is 1. The number of halogens is 3.